The van der Waals surface area contributed by atoms with Gasteiger partial charge in [-0.15, -0.1) is 0 Å². The Balaban J connectivity index is 1.26. The van der Waals surface area contributed by atoms with Gasteiger partial charge < -0.3 is 4.57 Å². The first kappa shape index (κ1) is 31.2. The molecule has 0 saturated heterocycles. The standard InChI is InChI=1S/C49H33N2OP/c52-53(39-24-16-23-37(31-39)34-17-4-1-5-18-34)46-30-15-12-27-42(46)48-40-25-10-13-28-44(40)51(45-29-14-11-26-41(45)49(48)53)47-33-38(35-19-6-2-7-20-35)32-43(50-47)36-21-8-3-9-22-36/h1-33H. The molecule has 0 bridgehead atoms. The van der Waals surface area contributed by atoms with Crippen molar-refractivity contribution < 1.29 is 4.57 Å². The number of aromatic nitrogens is 1. The first-order chi connectivity index (χ1) is 26.2. The number of rotatable bonds is 5. The number of anilines is 3. The van der Waals surface area contributed by atoms with Gasteiger partial charge in [-0.1, -0.05) is 170 Å². The van der Waals surface area contributed by atoms with Crippen molar-refractivity contribution in [2.24, 2.45) is 0 Å². The predicted molar refractivity (Wildman–Crippen MR) is 221 cm³/mol. The highest BCUT2D eigenvalue weighted by Gasteiger charge is 2.46. The second-order valence-electron chi connectivity index (χ2n) is 13.5. The van der Waals surface area contributed by atoms with E-state index in [9.17, 15) is 0 Å². The molecule has 0 spiro atoms. The molecule has 2 aliphatic rings. The lowest BCUT2D eigenvalue weighted by Crippen LogP contribution is -2.18. The van der Waals surface area contributed by atoms with Crippen molar-refractivity contribution in [3.05, 3.63) is 217 Å². The van der Waals surface area contributed by atoms with E-state index in [0.717, 1.165) is 88.9 Å². The van der Waals surface area contributed by atoms with Gasteiger partial charge in [-0.3, -0.25) is 4.90 Å². The largest absolute Gasteiger partial charge is 0.309 e. The average Bonchev–Trinajstić information content (AvgIpc) is 3.42. The second kappa shape index (κ2) is 12.6. The number of benzene rings is 7. The highest BCUT2D eigenvalue weighted by atomic mass is 31.2. The van der Waals surface area contributed by atoms with Gasteiger partial charge in [-0.05, 0) is 58.1 Å². The van der Waals surface area contributed by atoms with Crippen molar-refractivity contribution >= 4 is 45.8 Å². The molecule has 10 rings (SSSR count). The maximum atomic E-state index is 16.5. The zero-order valence-electron chi connectivity index (χ0n) is 28.8. The SMILES string of the molecule is O=P1(c2cccc(-c3ccccc3)c2)C2=C(c3ccccc3N(c3cc(-c4ccccc4)cc(-c4ccccc4)n3)c3ccccc32)c2ccccc21. The second-order valence-corrected chi connectivity index (χ2v) is 16.1. The molecule has 0 aliphatic carbocycles. The van der Waals surface area contributed by atoms with Gasteiger partial charge in [0, 0.05) is 38.2 Å². The van der Waals surface area contributed by atoms with E-state index in [2.05, 4.69) is 157 Å². The lowest BCUT2D eigenvalue weighted by Gasteiger charge is -2.29. The van der Waals surface area contributed by atoms with Crippen molar-refractivity contribution in [1.29, 1.82) is 0 Å². The van der Waals surface area contributed by atoms with Crippen molar-refractivity contribution in [3.63, 3.8) is 0 Å². The Labute approximate surface area is 309 Å². The van der Waals surface area contributed by atoms with Gasteiger partial charge in [0.05, 0.1) is 17.1 Å². The molecule has 2 aliphatic heterocycles. The fourth-order valence-electron chi connectivity index (χ4n) is 8.03. The minimum atomic E-state index is -3.41. The average molecular weight is 697 g/mol. The molecule has 4 heteroatoms. The van der Waals surface area contributed by atoms with Gasteiger partial charge in [0.1, 0.15) is 5.82 Å². The summed E-state index contributed by atoms with van der Waals surface area (Å²) in [6.07, 6.45) is 0. The Hall–Kier alpha value is -6.54. The molecule has 1 unspecified atom stereocenters. The Bertz CT molecular complexity index is 2700. The summed E-state index contributed by atoms with van der Waals surface area (Å²) in [5.74, 6) is 0.792. The molecule has 250 valence electrons. The van der Waals surface area contributed by atoms with E-state index in [1.54, 1.807) is 0 Å². The van der Waals surface area contributed by atoms with E-state index in [4.69, 9.17) is 4.98 Å². The number of para-hydroxylation sites is 2. The van der Waals surface area contributed by atoms with Crippen LogP contribution in [0, 0.1) is 0 Å². The van der Waals surface area contributed by atoms with Crippen LogP contribution in [-0.2, 0) is 4.57 Å². The van der Waals surface area contributed by atoms with Crippen molar-refractivity contribution in [1.82, 2.24) is 4.98 Å². The van der Waals surface area contributed by atoms with Gasteiger partial charge in [-0.25, -0.2) is 4.98 Å². The molecule has 53 heavy (non-hydrogen) atoms. The Kier molecular flexibility index (Phi) is 7.42. The third-order valence-corrected chi connectivity index (χ3v) is 13.6. The summed E-state index contributed by atoms with van der Waals surface area (Å²) in [7, 11) is -3.41. The van der Waals surface area contributed by atoms with E-state index < -0.39 is 7.14 Å². The number of pyridine rings is 1. The lowest BCUT2D eigenvalue weighted by molar-refractivity contribution is 0.593. The molecule has 0 radical (unpaired) electrons. The van der Waals surface area contributed by atoms with Crippen LogP contribution in [0.2, 0.25) is 0 Å². The molecular weight excluding hydrogens is 664 g/mol. The molecule has 8 aromatic rings. The molecule has 1 aromatic heterocycles. The van der Waals surface area contributed by atoms with Crippen molar-refractivity contribution in [3.8, 4) is 33.5 Å². The maximum Gasteiger partial charge on any atom is 0.172 e. The predicted octanol–water partition coefficient (Wildman–Crippen LogP) is 12.1. The summed E-state index contributed by atoms with van der Waals surface area (Å²) in [5.41, 5.74) is 12.2. The fraction of sp³-hybridized carbons (Fsp3) is 0. The molecule has 0 saturated carbocycles. The Morgan fingerprint density at radius 1 is 0.415 bits per heavy atom. The van der Waals surface area contributed by atoms with Crippen LogP contribution in [0.3, 0.4) is 0 Å². The Morgan fingerprint density at radius 3 is 1.64 bits per heavy atom. The molecule has 3 nitrogen and oxygen atoms in total. The van der Waals surface area contributed by atoms with Gasteiger partial charge in [0.2, 0.25) is 0 Å². The maximum absolute atomic E-state index is 16.5. The molecule has 0 fully saturated rings. The minimum absolute atomic E-state index is 0.792. The molecule has 1 atom stereocenters. The highest BCUT2D eigenvalue weighted by molar-refractivity contribution is 7.88. The van der Waals surface area contributed by atoms with Crippen LogP contribution in [0.5, 0.6) is 0 Å². The summed E-state index contributed by atoms with van der Waals surface area (Å²) in [5, 5.41) is 2.58. The van der Waals surface area contributed by atoms with Gasteiger partial charge in [0.25, 0.3) is 0 Å². The van der Waals surface area contributed by atoms with Gasteiger partial charge >= 0.3 is 0 Å². The fourth-order valence-corrected chi connectivity index (χ4v) is 11.3. The molecular formula is C49H33N2OP. The third kappa shape index (κ3) is 5.04. The van der Waals surface area contributed by atoms with Crippen molar-refractivity contribution in [2.75, 3.05) is 4.90 Å². The summed E-state index contributed by atoms with van der Waals surface area (Å²) < 4.78 is 16.5. The number of fused-ring (bicyclic) bond motifs is 6. The first-order valence-electron chi connectivity index (χ1n) is 17.9. The summed E-state index contributed by atoms with van der Waals surface area (Å²) in [4.78, 5) is 7.68. The van der Waals surface area contributed by atoms with Crippen LogP contribution in [0.25, 0.3) is 44.4 Å². The quantitative estimate of drug-likeness (QED) is 0.168. The number of hydrogen-bond donors (Lipinski definition) is 0. The van der Waals surface area contributed by atoms with Crippen LogP contribution < -0.4 is 15.5 Å². The van der Waals surface area contributed by atoms with Crippen LogP contribution in [0.15, 0.2) is 200 Å². The van der Waals surface area contributed by atoms with Gasteiger partial charge in [0.15, 0.2) is 7.14 Å². The summed E-state index contributed by atoms with van der Waals surface area (Å²) in [6.45, 7) is 0. The summed E-state index contributed by atoms with van der Waals surface area (Å²) >= 11 is 0. The normalized spacial score (nSPS) is 15.6. The zero-order chi connectivity index (χ0) is 35.4. The topological polar surface area (TPSA) is 33.2 Å². The molecule has 0 N–H and O–H groups in total. The number of nitrogens with zero attached hydrogens (tertiary/aromatic N) is 2. The van der Waals surface area contributed by atoms with Crippen molar-refractivity contribution in [2.45, 2.75) is 0 Å². The molecule has 3 heterocycles. The van der Waals surface area contributed by atoms with E-state index in [1.807, 2.05) is 48.5 Å². The molecule has 7 aromatic carbocycles. The van der Waals surface area contributed by atoms with Crippen LogP contribution in [-0.4, -0.2) is 4.98 Å². The van der Waals surface area contributed by atoms with Crippen LogP contribution in [0.1, 0.15) is 16.7 Å². The Morgan fingerprint density at radius 2 is 0.943 bits per heavy atom. The highest BCUT2D eigenvalue weighted by Crippen LogP contribution is 2.68. The van der Waals surface area contributed by atoms with Crippen LogP contribution in [0.4, 0.5) is 17.2 Å². The van der Waals surface area contributed by atoms with E-state index in [1.165, 1.54) is 0 Å². The van der Waals surface area contributed by atoms with Crippen LogP contribution >= 0.6 is 7.14 Å². The lowest BCUT2D eigenvalue weighted by atomic mass is 9.95. The summed E-state index contributed by atoms with van der Waals surface area (Å²) in [6, 6.07) is 69.1. The smallest absolute Gasteiger partial charge is 0.172 e. The van der Waals surface area contributed by atoms with E-state index in [-0.39, 0.29) is 0 Å². The monoisotopic (exact) mass is 696 g/mol. The number of hydrogen-bond acceptors (Lipinski definition) is 3. The first-order valence-corrected chi connectivity index (χ1v) is 19.6. The zero-order valence-corrected chi connectivity index (χ0v) is 29.7. The van der Waals surface area contributed by atoms with E-state index >= 15 is 4.57 Å². The van der Waals surface area contributed by atoms with E-state index in [0.29, 0.717) is 0 Å². The van der Waals surface area contributed by atoms with Gasteiger partial charge in [-0.2, -0.15) is 0 Å². The minimum Gasteiger partial charge on any atom is -0.309 e. The third-order valence-electron chi connectivity index (χ3n) is 10.4. The molecule has 0 amide bonds.